The van der Waals surface area contributed by atoms with E-state index in [9.17, 15) is 9.59 Å². The Labute approximate surface area is 190 Å². The molecule has 3 heterocycles. The number of carbonyl (C=O) groups excluding carboxylic acids is 2. The molecule has 2 fully saturated rings. The van der Waals surface area contributed by atoms with Crippen LogP contribution in [0.1, 0.15) is 31.2 Å². The average Bonchev–Trinajstić information content (AvgIpc) is 3.56. The molecule has 1 unspecified atom stereocenters. The fourth-order valence-electron chi connectivity index (χ4n) is 4.10. The van der Waals surface area contributed by atoms with E-state index < -0.39 is 0 Å². The Kier molecular flexibility index (Phi) is 6.63. The fraction of sp³-hybridized carbons (Fsp3) is 0.524. The van der Waals surface area contributed by atoms with E-state index in [4.69, 9.17) is 14.2 Å². The summed E-state index contributed by atoms with van der Waals surface area (Å²) in [5.74, 6) is 1.59. The number of aromatic nitrogens is 2. The molecule has 2 amide bonds. The highest BCUT2D eigenvalue weighted by molar-refractivity contribution is 7.19. The molecule has 172 valence electrons. The lowest BCUT2D eigenvalue weighted by Gasteiger charge is -2.23. The highest BCUT2D eigenvalue weighted by Gasteiger charge is 2.34. The van der Waals surface area contributed by atoms with Gasteiger partial charge in [0.2, 0.25) is 27.8 Å². The molecular weight excluding hydrogens is 434 g/mol. The Morgan fingerprint density at radius 1 is 1.09 bits per heavy atom. The van der Waals surface area contributed by atoms with Crippen molar-refractivity contribution in [2.24, 2.45) is 0 Å². The molecule has 1 N–H and O–H groups in total. The van der Waals surface area contributed by atoms with E-state index in [0.29, 0.717) is 47.0 Å². The van der Waals surface area contributed by atoms with Crippen molar-refractivity contribution < 1.29 is 23.8 Å². The first-order chi connectivity index (χ1) is 15.5. The van der Waals surface area contributed by atoms with Gasteiger partial charge in [0.1, 0.15) is 6.04 Å². The Hall–Kier alpha value is -3.08. The lowest BCUT2D eigenvalue weighted by molar-refractivity contribution is -0.122. The molecule has 2 aliphatic rings. The summed E-state index contributed by atoms with van der Waals surface area (Å²) in [5.41, 5.74) is 0.836. The quantitative estimate of drug-likeness (QED) is 0.636. The third-order valence-corrected chi connectivity index (χ3v) is 6.68. The third-order valence-electron chi connectivity index (χ3n) is 5.70. The number of benzene rings is 1. The number of hydrogen-bond donors (Lipinski definition) is 1. The van der Waals surface area contributed by atoms with Crippen molar-refractivity contribution in [1.82, 2.24) is 15.5 Å². The number of carbonyl (C=O) groups is 2. The van der Waals surface area contributed by atoms with Gasteiger partial charge < -0.3 is 24.4 Å². The standard InChI is InChI=1S/C21H27N5O5S/c1-29-15-10-13(11-16(30-2)18(15)31-3)12-22-19(28)14-6-4-8-25(14)20-23-24-21(32-20)26-9-5-7-17(26)27/h10-11,14H,4-9,12H2,1-3H3,(H,22,28). The molecule has 32 heavy (non-hydrogen) atoms. The Morgan fingerprint density at radius 2 is 1.81 bits per heavy atom. The van der Waals surface area contributed by atoms with Gasteiger partial charge in [-0.05, 0) is 37.0 Å². The van der Waals surface area contributed by atoms with Crippen molar-refractivity contribution in [2.75, 3.05) is 44.2 Å². The summed E-state index contributed by atoms with van der Waals surface area (Å²) in [6, 6.07) is 3.31. The first kappa shape index (κ1) is 22.1. The largest absolute Gasteiger partial charge is 0.493 e. The zero-order chi connectivity index (χ0) is 22.7. The van der Waals surface area contributed by atoms with Crippen molar-refractivity contribution in [1.29, 1.82) is 0 Å². The number of hydrogen-bond acceptors (Lipinski definition) is 9. The highest BCUT2D eigenvalue weighted by atomic mass is 32.1. The van der Waals surface area contributed by atoms with E-state index in [2.05, 4.69) is 15.5 Å². The van der Waals surface area contributed by atoms with Crippen LogP contribution >= 0.6 is 11.3 Å². The zero-order valence-corrected chi connectivity index (χ0v) is 19.2. The summed E-state index contributed by atoms with van der Waals surface area (Å²) in [6.07, 6.45) is 3.01. The van der Waals surface area contributed by atoms with Gasteiger partial charge in [-0.1, -0.05) is 11.3 Å². The Bertz CT molecular complexity index is 972. The second-order valence-corrected chi connectivity index (χ2v) is 8.55. The SMILES string of the molecule is COc1cc(CNC(=O)C2CCCN2c2nnc(N3CCCC3=O)s2)cc(OC)c1OC. The number of methoxy groups -OCH3 is 3. The predicted molar refractivity (Wildman–Crippen MR) is 120 cm³/mol. The molecule has 0 spiro atoms. The van der Waals surface area contributed by atoms with E-state index in [1.807, 2.05) is 17.0 Å². The van der Waals surface area contributed by atoms with Crippen LogP contribution in [0.3, 0.4) is 0 Å². The van der Waals surface area contributed by atoms with Crippen LogP contribution in [-0.2, 0) is 16.1 Å². The van der Waals surface area contributed by atoms with Gasteiger partial charge >= 0.3 is 0 Å². The first-order valence-corrected chi connectivity index (χ1v) is 11.3. The Balaban J connectivity index is 1.43. The number of amides is 2. The van der Waals surface area contributed by atoms with Crippen molar-refractivity contribution in [3.63, 3.8) is 0 Å². The highest BCUT2D eigenvalue weighted by Crippen LogP contribution is 2.38. The molecule has 1 aromatic heterocycles. The van der Waals surface area contributed by atoms with Gasteiger partial charge in [0, 0.05) is 26.1 Å². The summed E-state index contributed by atoms with van der Waals surface area (Å²) in [4.78, 5) is 28.6. The molecule has 2 saturated heterocycles. The van der Waals surface area contributed by atoms with Gasteiger partial charge in [0.15, 0.2) is 11.5 Å². The van der Waals surface area contributed by atoms with E-state index in [0.717, 1.165) is 31.4 Å². The molecule has 0 aliphatic carbocycles. The monoisotopic (exact) mass is 461 g/mol. The van der Waals surface area contributed by atoms with Crippen LogP contribution in [-0.4, -0.2) is 62.5 Å². The molecule has 10 nitrogen and oxygen atoms in total. The molecule has 2 aliphatic heterocycles. The number of rotatable bonds is 8. The molecular formula is C21H27N5O5S. The predicted octanol–water partition coefficient (Wildman–Crippen LogP) is 1.98. The number of nitrogens with zero attached hydrogens (tertiary/aromatic N) is 4. The normalized spacial score (nSPS) is 18.2. The van der Waals surface area contributed by atoms with Crippen LogP contribution in [0, 0.1) is 0 Å². The van der Waals surface area contributed by atoms with Crippen LogP contribution in [0.2, 0.25) is 0 Å². The van der Waals surface area contributed by atoms with Gasteiger partial charge in [-0.15, -0.1) is 10.2 Å². The van der Waals surface area contributed by atoms with Crippen LogP contribution in [0.4, 0.5) is 10.3 Å². The third kappa shape index (κ3) is 4.29. The Morgan fingerprint density at radius 3 is 2.44 bits per heavy atom. The van der Waals surface area contributed by atoms with Crippen LogP contribution < -0.4 is 29.3 Å². The maximum atomic E-state index is 13.0. The minimum Gasteiger partial charge on any atom is -0.493 e. The molecule has 0 saturated carbocycles. The molecule has 2 aromatic rings. The second kappa shape index (κ2) is 9.60. The fourth-order valence-corrected chi connectivity index (χ4v) is 5.06. The van der Waals surface area contributed by atoms with E-state index >= 15 is 0 Å². The van der Waals surface area contributed by atoms with Gasteiger partial charge in [0.25, 0.3) is 0 Å². The summed E-state index contributed by atoms with van der Waals surface area (Å²) in [7, 11) is 4.67. The van der Waals surface area contributed by atoms with Gasteiger partial charge in [-0.3, -0.25) is 14.5 Å². The summed E-state index contributed by atoms with van der Waals surface area (Å²) < 4.78 is 16.1. The summed E-state index contributed by atoms with van der Waals surface area (Å²) in [5, 5.41) is 12.7. The van der Waals surface area contributed by atoms with Crippen LogP contribution in [0.25, 0.3) is 0 Å². The smallest absolute Gasteiger partial charge is 0.243 e. The van der Waals surface area contributed by atoms with Gasteiger partial charge in [-0.2, -0.15) is 0 Å². The minimum absolute atomic E-state index is 0.0776. The molecule has 11 heteroatoms. The lowest BCUT2D eigenvalue weighted by atomic mass is 10.1. The molecule has 0 bridgehead atoms. The van der Waals surface area contributed by atoms with Crippen molar-refractivity contribution in [3.8, 4) is 17.2 Å². The summed E-state index contributed by atoms with van der Waals surface area (Å²) >= 11 is 1.36. The molecule has 1 aromatic carbocycles. The molecule has 4 rings (SSSR count). The van der Waals surface area contributed by atoms with Gasteiger partial charge in [0.05, 0.1) is 21.3 Å². The summed E-state index contributed by atoms with van der Waals surface area (Å²) in [6.45, 7) is 1.72. The molecule has 0 radical (unpaired) electrons. The maximum absolute atomic E-state index is 13.0. The van der Waals surface area contributed by atoms with E-state index in [-0.39, 0.29) is 17.9 Å². The maximum Gasteiger partial charge on any atom is 0.243 e. The van der Waals surface area contributed by atoms with Gasteiger partial charge in [-0.25, -0.2) is 0 Å². The topological polar surface area (TPSA) is 106 Å². The van der Waals surface area contributed by atoms with Crippen molar-refractivity contribution in [2.45, 2.75) is 38.3 Å². The van der Waals surface area contributed by atoms with Crippen molar-refractivity contribution in [3.05, 3.63) is 17.7 Å². The van der Waals surface area contributed by atoms with E-state index in [1.165, 1.54) is 11.3 Å². The van der Waals surface area contributed by atoms with Crippen LogP contribution in [0.5, 0.6) is 17.2 Å². The lowest BCUT2D eigenvalue weighted by Crippen LogP contribution is -2.43. The number of ether oxygens (including phenoxy) is 3. The number of anilines is 2. The zero-order valence-electron chi connectivity index (χ0n) is 18.4. The van der Waals surface area contributed by atoms with Crippen molar-refractivity contribution >= 4 is 33.4 Å². The van der Waals surface area contributed by atoms with E-state index in [1.54, 1.807) is 26.2 Å². The van der Waals surface area contributed by atoms with Crippen LogP contribution in [0.15, 0.2) is 12.1 Å². The number of nitrogens with one attached hydrogen (secondary N) is 1. The average molecular weight is 462 g/mol. The first-order valence-electron chi connectivity index (χ1n) is 10.5. The minimum atomic E-state index is -0.327. The molecule has 1 atom stereocenters. The second-order valence-electron chi connectivity index (χ2n) is 7.62.